The number of fused-ring (bicyclic) bond motifs is 1. The monoisotopic (exact) mass is 345 g/mol. The lowest BCUT2D eigenvalue weighted by atomic mass is 10.0. The number of benzene rings is 2. The van der Waals surface area contributed by atoms with Crippen LogP contribution in [-0.2, 0) is 17.6 Å². The molecule has 0 saturated carbocycles. The number of aryl methyl sites for hydroxylation is 2. The summed E-state index contributed by atoms with van der Waals surface area (Å²) in [6, 6.07) is 18.3. The molecular weight excluding hydrogens is 322 g/mol. The average molecular weight is 345 g/mol. The Kier molecular flexibility index (Phi) is 4.33. The van der Waals surface area contributed by atoms with Crippen molar-refractivity contribution >= 4 is 11.6 Å². The molecule has 0 aliphatic carbocycles. The van der Waals surface area contributed by atoms with E-state index in [0.29, 0.717) is 6.42 Å². The molecule has 1 aliphatic rings. The number of hydrogen-bond acceptors (Lipinski definition) is 2. The predicted octanol–water partition coefficient (Wildman–Crippen LogP) is 4.01. The Hall–Kier alpha value is -2.88. The number of nitrogens with zero attached hydrogens (tertiary/aromatic N) is 3. The van der Waals surface area contributed by atoms with E-state index in [2.05, 4.69) is 17.2 Å². The van der Waals surface area contributed by atoms with Crippen molar-refractivity contribution in [3.63, 3.8) is 0 Å². The highest BCUT2D eigenvalue weighted by atomic mass is 16.2. The molecule has 0 saturated heterocycles. The molecule has 4 nitrogen and oxygen atoms in total. The minimum absolute atomic E-state index is 0.149. The molecule has 4 rings (SSSR count). The molecule has 132 valence electrons. The summed E-state index contributed by atoms with van der Waals surface area (Å²) >= 11 is 0. The van der Waals surface area contributed by atoms with Gasteiger partial charge in [0, 0.05) is 23.5 Å². The molecule has 0 radical (unpaired) electrons. The second kappa shape index (κ2) is 6.79. The number of para-hydroxylation sites is 2. The number of anilines is 1. The molecular formula is C22H23N3O. The summed E-state index contributed by atoms with van der Waals surface area (Å²) < 4.78 is 1.93. The Morgan fingerprint density at radius 1 is 1.04 bits per heavy atom. The molecule has 1 aliphatic heterocycles. The highest BCUT2D eigenvalue weighted by Gasteiger charge is 2.24. The topological polar surface area (TPSA) is 38.1 Å². The third-order valence-corrected chi connectivity index (χ3v) is 5.18. The third-order valence-electron chi connectivity index (χ3n) is 5.18. The fraction of sp³-hybridized carbons (Fsp3) is 0.273. The van der Waals surface area contributed by atoms with Crippen LogP contribution in [0.15, 0.2) is 54.6 Å². The van der Waals surface area contributed by atoms with Crippen LogP contribution >= 0.6 is 0 Å². The molecule has 1 amide bonds. The Labute approximate surface area is 154 Å². The summed E-state index contributed by atoms with van der Waals surface area (Å²) in [5.41, 5.74) is 6.34. The molecule has 0 unspecified atom stereocenters. The zero-order valence-corrected chi connectivity index (χ0v) is 15.3. The number of aromatic nitrogens is 2. The van der Waals surface area contributed by atoms with Gasteiger partial charge in [-0.3, -0.25) is 4.79 Å². The van der Waals surface area contributed by atoms with E-state index >= 15 is 0 Å². The summed E-state index contributed by atoms with van der Waals surface area (Å²) in [5.74, 6) is 0.149. The zero-order chi connectivity index (χ0) is 18.1. The highest BCUT2D eigenvalue weighted by molar-refractivity contribution is 5.96. The number of carbonyl (C=O) groups is 1. The fourth-order valence-electron chi connectivity index (χ4n) is 3.79. The van der Waals surface area contributed by atoms with Crippen molar-refractivity contribution in [1.29, 1.82) is 0 Å². The second-order valence-electron chi connectivity index (χ2n) is 6.85. The third kappa shape index (κ3) is 2.92. The average Bonchev–Trinajstić information content (AvgIpc) is 2.96. The first kappa shape index (κ1) is 16.6. The van der Waals surface area contributed by atoms with Gasteiger partial charge >= 0.3 is 0 Å². The van der Waals surface area contributed by atoms with Crippen LogP contribution in [0.2, 0.25) is 0 Å². The Morgan fingerprint density at radius 2 is 1.77 bits per heavy atom. The van der Waals surface area contributed by atoms with Crippen LogP contribution in [-0.4, -0.2) is 22.2 Å². The van der Waals surface area contributed by atoms with Crippen molar-refractivity contribution < 1.29 is 4.79 Å². The van der Waals surface area contributed by atoms with Crippen molar-refractivity contribution in [2.45, 2.75) is 33.1 Å². The fourth-order valence-corrected chi connectivity index (χ4v) is 3.79. The number of carbonyl (C=O) groups excluding carboxylic acids is 1. The van der Waals surface area contributed by atoms with Gasteiger partial charge in [-0.05, 0) is 50.5 Å². The van der Waals surface area contributed by atoms with Gasteiger partial charge in [0.05, 0.1) is 17.8 Å². The van der Waals surface area contributed by atoms with Gasteiger partial charge in [0.25, 0.3) is 0 Å². The van der Waals surface area contributed by atoms with Gasteiger partial charge in [0.1, 0.15) is 0 Å². The van der Waals surface area contributed by atoms with Gasteiger partial charge in [0.2, 0.25) is 5.91 Å². The highest BCUT2D eigenvalue weighted by Crippen LogP contribution is 2.28. The molecule has 2 heterocycles. The first-order chi connectivity index (χ1) is 12.6. The van der Waals surface area contributed by atoms with Crippen molar-refractivity contribution in [2.24, 2.45) is 0 Å². The van der Waals surface area contributed by atoms with Crippen LogP contribution in [0.5, 0.6) is 0 Å². The van der Waals surface area contributed by atoms with E-state index in [1.54, 1.807) is 0 Å². The van der Waals surface area contributed by atoms with Crippen LogP contribution in [0.4, 0.5) is 5.69 Å². The minimum Gasteiger partial charge on any atom is -0.312 e. The maximum atomic E-state index is 13.1. The van der Waals surface area contributed by atoms with E-state index < -0.39 is 0 Å². The van der Waals surface area contributed by atoms with E-state index in [-0.39, 0.29) is 5.91 Å². The van der Waals surface area contributed by atoms with Gasteiger partial charge in [-0.15, -0.1) is 0 Å². The minimum atomic E-state index is 0.149. The lowest BCUT2D eigenvalue weighted by Gasteiger charge is -2.29. The van der Waals surface area contributed by atoms with Gasteiger partial charge < -0.3 is 4.90 Å². The summed E-state index contributed by atoms with van der Waals surface area (Å²) in [6.07, 6.45) is 2.45. The number of rotatable bonds is 3. The van der Waals surface area contributed by atoms with Crippen LogP contribution < -0.4 is 4.90 Å². The van der Waals surface area contributed by atoms with Crippen molar-refractivity contribution in [2.75, 3.05) is 11.4 Å². The molecule has 2 aromatic carbocycles. The van der Waals surface area contributed by atoms with Crippen molar-refractivity contribution in [3.8, 4) is 5.69 Å². The largest absolute Gasteiger partial charge is 0.312 e. The Balaban J connectivity index is 1.63. The van der Waals surface area contributed by atoms with Crippen molar-refractivity contribution in [3.05, 3.63) is 77.1 Å². The molecule has 0 atom stereocenters. The van der Waals surface area contributed by atoms with Crippen LogP contribution in [0.3, 0.4) is 0 Å². The molecule has 0 N–H and O–H groups in total. The molecule has 1 aromatic heterocycles. The van der Waals surface area contributed by atoms with E-state index in [1.807, 2.05) is 65.9 Å². The lowest BCUT2D eigenvalue weighted by Crippen LogP contribution is -2.36. The second-order valence-corrected chi connectivity index (χ2v) is 6.85. The first-order valence-corrected chi connectivity index (χ1v) is 9.14. The van der Waals surface area contributed by atoms with E-state index in [4.69, 9.17) is 0 Å². The maximum absolute atomic E-state index is 13.1. The normalized spacial score (nSPS) is 13.5. The summed E-state index contributed by atoms with van der Waals surface area (Å²) in [6.45, 7) is 4.82. The predicted molar refractivity (Wildman–Crippen MR) is 104 cm³/mol. The molecule has 26 heavy (non-hydrogen) atoms. The summed E-state index contributed by atoms with van der Waals surface area (Å²) in [5, 5.41) is 4.67. The SMILES string of the molecule is Cc1nn(-c2ccccc2)c(C)c1CC(=O)N1CCCc2ccccc21. The van der Waals surface area contributed by atoms with Gasteiger partial charge in [-0.2, -0.15) is 5.10 Å². The number of hydrogen-bond donors (Lipinski definition) is 0. The summed E-state index contributed by atoms with van der Waals surface area (Å²) in [7, 11) is 0. The van der Waals surface area contributed by atoms with Crippen LogP contribution in [0.1, 0.15) is 28.9 Å². The van der Waals surface area contributed by atoms with Crippen molar-refractivity contribution in [1.82, 2.24) is 9.78 Å². The summed E-state index contributed by atoms with van der Waals surface area (Å²) in [4.78, 5) is 15.0. The van der Waals surface area contributed by atoms with Gasteiger partial charge in [-0.1, -0.05) is 36.4 Å². The van der Waals surface area contributed by atoms with Gasteiger partial charge in [-0.25, -0.2) is 4.68 Å². The standard InChI is InChI=1S/C22H23N3O/c1-16-20(17(2)25(23-16)19-11-4-3-5-12-19)15-22(26)24-14-8-10-18-9-6-7-13-21(18)24/h3-7,9,11-13H,8,10,14-15H2,1-2H3. The zero-order valence-electron chi connectivity index (χ0n) is 15.3. The Morgan fingerprint density at radius 3 is 2.58 bits per heavy atom. The molecule has 3 aromatic rings. The van der Waals surface area contributed by atoms with Crippen LogP contribution in [0.25, 0.3) is 5.69 Å². The Bertz CT molecular complexity index is 943. The molecule has 0 spiro atoms. The van der Waals surface area contributed by atoms with E-state index in [9.17, 15) is 4.79 Å². The quantitative estimate of drug-likeness (QED) is 0.719. The molecule has 0 fully saturated rings. The maximum Gasteiger partial charge on any atom is 0.231 e. The van der Waals surface area contributed by atoms with Gasteiger partial charge in [0.15, 0.2) is 0 Å². The molecule has 0 bridgehead atoms. The smallest absolute Gasteiger partial charge is 0.231 e. The number of amides is 1. The van der Waals surface area contributed by atoms with E-state index in [0.717, 1.165) is 47.7 Å². The van der Waals surface area contributed by atoms with E-state index in [1.165, 1.54) is 5.56 Å². The van der Waals surface area contributed by atoms with Crippen LogP contribution in [0, 0.1) is 13.8 Å². The lowest BCUT2D eigenvalue weighted by molar-refractivity contribution is -0.118. The first-order valence-electron chi connectivity index (χ1n) is 9.14. The molecule has 4 heteroatoms.